The van der Waals surface area contributed by atoms with Gasteiger partial charge in [-0.2, -0.15) is 0 Å². The molecule has 0 saturated heterocycles. The van der Waals surface area contributed by atoms with E-state index in [0.717, 1.165) is 21.7 Å². The molecule has 0 saturated carbocycles. The number of carbonyl (C=O) groups excluding carboxylic acids is 1. The molecule has 106 valence electrons. The van der Waals surface area contributed by atoms with Crippen molar-refractivity contribution in [3.8, 4) is 5.75 Å². The fourth-order valence-corrected chi connectivity index (χ4v) is 2.77. The predicted octanol–water partition coefficient (Wildman–Crippen LogP) is 2.90. The first-order chi connectivity index (χ1) is 9.49. The molecule has 0 unspecified atom stereocenters. The highest BCUT2D eigenvalue weighted by Crippen LogP contribution is 2.23. The van der Waals surface area contributed by atoms with Gasteiger partial charge >= 0.3 is 0 Å². The number of thiazole rings is 1. The number of amides is 1. The summed E-state index contributed by atoms with van der Waals surface area (Å²) in [6, 6.07) is 2.06. The van der Waals surface area contributed by atoms with Crippen molar-refractivity contribution >= 4 is 33.2 Å². The van der Waals surface area contributed by atoms with Gasteiger partial charge in [-0.3, -0.25) is 4.79 Å². The van der Waals surface area contributed by atoms with E-state index in [0.29, 0.717) is 6.42 Å². The van der Waals surface area contributed by atoms with E-state index in [1.807, 2.05) is 5.38 Å². The number of halogens is 3. The van der Waals surface area contributed by atoms with Gasteiger partial charge in [-0.1, -0.05) is 0 Å². The summed E-state index contributed by atoms with van der Waals surface area (Å²) in [6.45, 7) is 0.153. The van der Waals surface area contributed by atoms with Crippen LogP contribution >= 0.6 is 27.3 Å². The monoisotopic (exact) mass is 362 g/mol. The molecule has 0 aliphatic heterocycles. The van der Waals surface area contributed by atoms with Crippen molar-refractivity contribution in [1.29, 1.82) is 0 Å². The second kappa shape index (κ2) is 6.27. The average Bonchev–Trinajstić information content (AvgIpc) is 2.77. The molecule has 0 bridgehead atoms. The number of hydrogen-bond acceptors (Lipinski definition) is 4. The zero-order valence-corrected chi connectivity index (χ0v) is 12.4. The first-order valence-corrected chi connectivity index (χ1v) is 7.17. The summed E-state index contributed by atoms with van der Waals surface area (Å²) in [6.07, 6.45) is 0.471. The number of aromatic nitrogens is 1. The summed E-state index contributed by atoms with van der Waals surface area (Å²) in [5.41, 5.74) is 4.13. The summed E-state index contributed by atoms with van der Waals surface area (Å²) >= 11 is 4.65. The van der Waals surface area contributed by atoms with Crippen LogP contribution < -0.4 is 10.5 Å². The van der Waals surface area contributed by atoms with Crippen LogP contribution in [0.5, 0.6) is 5.75 Å². The van der Waals surface area contributed by atoms with Gasteiger partial charge in [0.15, 0.2) is 11.6 Å². The van der Waals surface area contributed by atoms with E-state index >= 15 is 0 Å². The lowest BCUT2D eigenvalue weighted by Gasteiger charge is -2.08. The lowest BCUT2D eigenvalue weighted by atomic mass is 10.1. The number of nitrogens with zero attached hydrogens (tertiary/aromatic N) is 1. The molecule has 0 aliphatic carbocycles. The number of primary amides is 1. The van der Waals surface area contributed by atoms with Gasteiger partial charge in [0.05, 0.1) is 11.6 Å². The van der Waals surface area contributed by atoms with Crippen LogP contribution in [-0.2, 0) is 6.42 Å². The fraction of sp³-hybridized carbons (Fsp3) is 0.167. The first kappa shape index (κ1) is 14.9. The number of hydrogen-bond donors (Lipinski definition) is 1. The third kappa shape index (κ3) is 3.31. The Labute approximate surface area is 125 Å². The van der Waals surface area contributed by atoms with Crippen LogP contribution in [-0.4, -0.2) is 17.5 Å². The number of ether oxygens (including phenoxy) is 1. The standard InChI is InChI=1S/C12H9BrF2N2O2S/c13-8-5-20-9(17-8)3-4-19-7-2-1-6(14)10(11(7)15)12(16)18/h1-2,5H,3-4H2,(H2,16,18). The average molecular weight is 363 g/mol. The van der Waals surface area contributed by atoms with E-state index in [1.54, 1.807) is 0 Å². The van der Waals surface area contributed by atoms with E-state index in [1.165, 1.54) is 11.3 Å². The molecule has 1 aromatic carbocycles. The Balaban J connectivity index is 2.06. The Bertz CT molecular complexity index is 648. The van der Waals surface area contributed by atoms with Crippen LogP contribution in [0.2, 0.25) is 0 Å². The summed E-state index contributed by atoms with van der Waals surface area (Å²) in [5.74, 6) is -3.48. The van der Waals surface area contributed by atoms with E-state index in [-0.39, 0.29) is 12.4 Å². The van der Waals surface area contributed by atoms with Gasteiger partial charge in [0.25, 0.3) is 5.91 Å². The molecule has 0 spiro atoms. The van der Waals surface area contributed by atoms with Crippen molar-refractivity contribution in [3.05, 3.63) is 44.3 Å². The molecule has 2 aromatic rings. The van der Waals surface area contributed by atoms with Crippen molar-refractivity contribution < 1.29 is 18.3 Å². The highest BCUT2D eigenvalue weighted by atomic mass is 79.9. The Hall–Kier alpha value is -1.54. The zero-order valence-electron chi connectivity index (χ0n) is 10.0. The number of nitrogens with two attached hydrogens (primary N) is 1. The van der Waals surface area contributed by atoms with Crippen molar-refractivity contribution in [2.75, 3.05) is 6.61 Å². The molecular formula is C12H9BrF2N2O2S. The van der Waals surface area contributed by atoms with Crippen LogP contribution in [0.25, 0.3) is 0 Å². The minimum atomic E-state index is -1.17. The highest BCUT2D eigenvalue weighted by molar-refractivity contribution is 9.10. The molecule has 2 N–H and O–H groups in total. The number of benzene rings is 1. The minimum absolute atomic E-state index is 0.153. The molecule has 8 heteroatoms. The molecular weight excluding hydrogens is 354 g/mol. The molecule has 0 atom stereocenters. The van der Waals surface area contributed by atoms with Crippen LogP contribution in [0.15, 0.2) is 22.1 Å². The second-order valence-corrected chi connectivity index (χ2v) is 5.52. The lowest BCUT2D eigenvalue weighted by Crippen LogP contribution is -2.16. The van der Waals surface area contributed by atoms with Gasteiger partial charge < -0.3 is 10.5 Å². The summed E-state index contributed by atoms with van der Waals surface area (Å²) in [7, 11) is 0. The largest absolute Gasteiger partial charge is 0.490 e. The number of rotatable bonds is 5. The van der Waals surface area contributed by atoms with Gasteiger partial charge in [-0.25, -0.2) is 13.8 Å². The maximum atomic E-state index is 13.8. The van der Waals surface area contributed by atoms with Gasteiger partial charge in [0, 0.05) is 11.8 Å². The van der Waals surface area contributed by atoms with Crippen molar-refractivity contribution in [1.82, 2.24) is 4.98 Å². The van der Waals surface area contributed by atoms with Crippen LogP contribution in [0, 0.1) is 11.6 Å². The van der Waals surface area contributed by atoms with Crippen molar-refractivity contribution in [2.45, 2.75) is 6.42 Å². The molecule has 1 aromatic heterocycles. The van der Waals surface area contributed by atoms with Crippen LogP contribution in [0.3, 0.4) is 0 Å². The smallest absolute Gasteiger partial charge is 0.254 e. The Kier molecular flexibility index (Phi) is 4.66. The van der Waals surface area contributed by atoms with Gasteiger partial charge in [0.1, 0.15) is 16.0 Å². The quantitative estimate of drug-likeness (QED) is 0.889. The Morgan fingerprint density at radius 2 is 2.20 bits per heavy atom. The maximum Gasteiger partial charge on any atom is 0.254 e. The molecule has 4 nitrogen and oxygen atoms in total. The predicted molar refractivity (Wildman–Crippen MR) is 73.9 cm³/mol. The third-order valence-corrected chi connectivity index (χ3v) is 4.02. The molecule has 0 radical (unpaired) electrons. The SMILES string of the molecule is NC(=O)c1c(F)ccc(OCCc2nc(Br)cs2)c1F. The normalized spacial score (nSPS) is 10.6. The van der Waals surface area contributed by atoms with E-state index in [2.05, 4.69) is 20.9 Å². The topological polar surface area (TPSA) is 65.2 Å². The lowest BCUT2D eigenvalue weighted by molar-refractivity contribution is 0.0991. The molecule has 1 heterocycles. The number of carbonyl (C=O) groups is 1. The minimum Gasteiger partial charge on any atom is -0.490 e. The van der Waals surface area contributed by atoms with E-state index in [4.69, 9.17) is 10.5 Å². The van der Waals surface area contributed by atoms with E-state index in [9.17, 15) is 13.6 Å². The first-order valence-electron chi connectivity index (χ1n) is 5.49. The fourth-order valence-electron chi connectivity index (χ4n) is 1.52. The Morgan fingerprint density at radius 3 is 2.80 bits per heavy atom. The van der Waals surface area contributed by atoms with Crippen LogP contribution in [0.4, 0.5) is 8.78 Å². The molecule has 2 rings (SSSR count). The van der Waals surface area contributed by atoms with Gasteiger partial charge in [-0.05, 0) is 28.1 Å². The van der Waals surface area contributed by atoms with Crippen molar-refractivity contribution in [2.24, 2.45) is 5.73 Å². The van der Waals surface area contributed by atoms with Crippen LogP contribution in [0.1, 0.15) is 15.4 Å². The summed E-state index contributed by atoms with van der Waals surface area (Å²) in [4.78, 5) is 15.1. The molecule has 0 fully saturated rings. The zero-order chi connectivity index (χ0) is 14.7. The third-order valence-electron chi connectivity index (χ3n) is 2.40. The summed E-state index contributed by atoms with van der Waals surface area (Å²) < 4.78 is 33.0. The van der Waals surface area contributed by atoms with Gasteiger partial charge in [0.2, 0.25) is 0 Å². The Morgan fingerprint density at radius 1 is 1.45 bits per heavy atom. The summed E-state index contributed by atoms with van der Waals surface area (Å²) in [5, 5.41) is 2.63. The maximum absolute atomic E-state index is 13.8. The highest BCUT2D eigenvalue weighted by Gasteiger charge is 2.19. The molecule has 1 amide bonds. The van der Waals surface area contributed by atoms with Crippen molar-refractivity contribution in [3.63, 3.8) is 0 Å². The van der Waals surface area contributed by atoms with E-state index < -0.39 is 23.1 Å². The molecule has 0 aliphatic rings. The second-order valence-electron chi connectivity index (χ2n) is 3.76. The van der Waals surface area contributed by atoms with Gasteiger partial charge in [-0.15, -0.1) is 11.3 Å². The molecule has 20 heavy (non-hydrogen) atoms.